The van der Waals surface area contributed by atoms with Gasteiger partial charge < -0.3 is 24.8 Å². The molecule has 2 amide bonds. The van der Waals surface area contributed by atoms with Crippen molar-refractivity contribution in [3.05, 3.63) is 83.4 Å². The topological polar surface area (TPSA) is 105 Å². The van der Waals surface area contributed by atoms with Gasteiger partial charge in [-0.05, 0) is 56.4 Å². The van der Waals surface area contributed by atoms with Gasteiger partial charge >= 0.3 is 5.97 Å². The van der Waals surface area contributed by atoms with Crippen molar-refractivity contribution < 1.29 is 29.0 Å². The molecule has 0 saturated carbocycles. The number of nitrogens with zero attached hydrogens (tertiary/aromatic N) is 1. The van der Waals surface area contributed by atoms with Crippen molar-refractivity contribution in [3.8, 4) is 0 Å². The van der Waals surface area contributed by atoms with Gasteiger partial charge in [0.1, 0.15) is 18.9 Å². The summed E-state index contributed by atoms with van der Waals surface area (Å²) in [6.07, 6.45) is 24.2. The molecule has 2 rings (SSSR count). The Balaban J connectivity index is 0. The van der Waals surface area contributed by atoms with Gasteiger partial charge in [0.25, 0.3) is 0 Å². The van der Waals surface area contributed by atoms with Gasteiger partial charge in [0.2, 0.25) is 12.3 Å². The van der Waals surface area contributed by atoms with E-state index in [2.05, 4.69) is 43.5 Å². The van der Waals surface area contributed by atoms with Crippen molar-refractivity contribution in [2.45, 2.75) is 100.0 Å². The van der Waals surface area contributed by atoms with Crippen molar-refractivity contribution in [2.24, 2.45) is 0 Å². The van der Waals surface area contributed by atoms with Crippen molar-refractivity contribution in [2.75, 3.05) is 19.9 Å². The fraction of sp³-hybridized carbons (Fsp3) is 0.514. The molecule has 8 nitrogen and oxygen atoms in total. The van der Waals surface area contributed by atoms with Crippen LogP contribution in [-0.4, -0.2) is 54.3 Å². The van der Waals surface area contributed by atoms with Crippen LogP contribution in [0.2, 0.25) is 0 Å². The van der Waals surface area contributed by atoms with Gasteiger partial charge in [0, 0.05) is 6.20 Å². The number of carboxylic acids is 1. The van der Waals surface area contributed by atoms with E-state index in [0.717, 1.165) is 24.0 Å². The molecule has 0 aromatic rings. The van der Waals surface area contributed by atoms with Gasteiger partial charge in [0.05, 0.1) is 12.5 Å². The molecule has 1 fully saturated rings. The molecule has 1 aliphatic heterocycles. The largest absolute Gasteiger partial charge is 0.481 e. The van der Waals surface area contributed by atoms with Gasteiger partial charge in [-0.15, -0.1) is 0 Å². The molecule has 0 bridgehead atoms. The van der Waals surface area contributed by atoms with Crippen LogP contribution in [0.3, 0.4) is 0 Å². The minimum atomic E-state index is -1.04. The third-order valence-electron chi connectivity index (χ3n) is 5.82. The number of carboxylic acid groups (broad SMARTS) is 1. The van der Waals surface area contributed by atoms with E-state index in [1.165, 1.54) is 29.5 Å². The fourth-order valence-electron chi connectivity index (χ4n) is 3.53. The van der Waals surface area contributed by atoms with Crippen molar-refractivity contribution in [1.82, 2.24) is 10.2 Å². The summed E-state index contributed by atoms with van der Waals surface area (Å²) in [7, 11) is 0. The van der Waals surface area contributed by atoms with Crippen LogP contribution in [0.25, 0.3) is 0 Å². The second-order valence-corrected chi connectivity index (χ2v) is 9.18. The first-order chi connectivity index (χ1) is 20.8. The smallest absolute Gasteiger partial charge is 0.305 e. The van der Waals surface area contributed by atoms with Crippen molar-refractivity contribution in [3.63, 3.8) is 0 Å². The van der Waals surface area contributed by atoms with Crippen LogP contribution >= 0.6 is 0 Å². The number of hydrogen-bond donors (Lipinski definition) is 2. The van der Waals surface area contributed by atoms with Gasteiger partial charge in [-0.1, -0.05) is 102 Å². The number of carbonyl (C=O) groups excluding carboxylic acids is 2. The maximum absolute atomic E-state index is 12.6. The van der Waals surface area contributed by atoms with E-state index in [1.807, 2.05) is 52.8 Å². The second kappa shape index (κ2) is 28.5. The van der Waals surface area contributed by atoms with E-state index in [0.29, 0.717) is 25.2 Å². The molecule has 1 saturated heterocycles. The molecular formula is C35H56N2O6. The lowest BCUT2D eigenvalue weighted by Crippen LogP contribution is -2.42. The number of aliphatic carboxylic acids is 1. The summed E-state index contributed by atoms with van der Waals surface area (Å²) >= 11 is 0. The second-order valence-electron chi connectivity index (χ2n) is 9.18. The molecule has 1 atom stereocenters. The van der Waals surface area contributed by atoms with Crippen LogP contribution in [0.5, 0.6) is 0 Å². The highest BCUT2D eigenvalue weighted by atomic mass is 16.7. The molecule has 2 N–H and O–H groups in total. The zero-order valence-electron chi connectivity index (χ0n) is 27.7. The lowest BCUT2D eigenvalue weighted by Gasteiger charge is -2.21. The number of hydrogen-bond acceptors (Lipinski definition) is 5. The molecule has 2 aliphatic rings. The summed E-state index contributed by atoms with van der Waals surface area (Å²) in [5.74, 6) is -0.820. The third-order valence-corrected chi connectivity index (χ3v) is 5.82. The van der Waals surface area contributed by atoms with Crippen LogP contribution in [0.15, 0.2) is 83.4 Å². The zero-order chi connectivity index (χ0) is 32.9. The lowest BCUT2D eigenvalue weighted by molar-refractivity contribution is -0.137. The molecule has 0 aromatic heterocycles. The van der Waals surface area contributed by atoms with Crippen LogP contribution in [-0.2, 0) is 23.9 Å². The Morgan fingerprint density at radius 1 is 1.14 bits per heavy atom. The van der Waals surface area contributed by atoms with E-state index in [-0.39, 0.29) is 19.8 Å². The van der Waals surface area contributed by atoms with Crippen molar-refractivity contribution >= 4 is 18.3 Å². The maximum atomic E-state index is 12.6. The minimum Gasteiger partial charge on any atom is -0.481 e. The van der Waals surface area contributed by atoms with Gasteiger partial charge in [0.15, 0.2) is 6.79 Å². The summed E-state index contributed by atoms with van der Waals surface area (Å²) in [6, 6.07) is -0.709. The van der Waals surface area contributed by atoms with Gasteiger partial charge in [-0.25, -0.2) is 0 Å². The fourth-order valence-corrected chi connectivity index (χ4v) is 3.53. The summed E-state index contributed by atoms with van der Waals surface area (Å²) in [5.41, 5.74) is 3.03. The Morgan fingerprint density at radius 3 is 2.40 bits per heavy atom. The summed E-state index contributed by atoms with van der Waals surface area (Å²) in [5, 5.41) is 12.1. The number of unbranched alkanes of at least 4 members (excludes halogenated alkanes) is 1. The number of amides is 2. The first-order valence-corrected chi connectivity index (χ1v) is 15.5. The Hall–Kier alpha value is -3.65. The SMILES string of the molecule is C/C=C(\C/C=C1\COCO1)C(CC(=O)O)NC(=O)CN(C=O)/C=C\C=C(/C)CC1=CC=CCC=C1.CC.CC.CCCC. The van der Waals surface area contributed by atoms with E-state index in [9.17, 15) is 19.5 Å². The zero-order valence-corrected chi connectivity index (χ0v) is 27.7. The molecule has 8 heteroatoms. The monoisotopic (exact) mass is 600 g/mol. The quantitative estimate of drug-likeness (QED) is 0.120. The summed E-state index contributed by atoms with van der Waals surface area (Å²) in [6.45, 7) is 16.5. The Morgan fingerprint density at radius 2 is 1.84 bits per heavy atom. The first-order valence-electron chi connectivity index (χ1n) is 15.5. The molecule has 1 unspecified atom stereocenters. The van der Waals surface area contributed by atoms with Gasteiger partial charge in [-0.3, -0.25) is 14.4 Å². The molecule has 0 spiro atoms. The number of ether oxygens (including phenoxy) is 2. The molecule has 1 aliphatic carbocycles. The standard InChI is InChI=1S/C27H34N2O6.C4H10.2C2H6/c1-3-23(12-13-24-18-34-20-35-24)25(16-27(32)33)28-26(31)17-29(19-30)14-8-9-21(2)15-22-10-6-4-5-7-11-22;1-3-4-2;2*1-2/h3-4,6-11,13-14,19,25H,5,12,15-18,20H2,1-2H3,(H,28,31)(H,32,33);3-4H2,1-2H3;2*1-2H3/b14-8-,21-9+,23-3+,24-13+;;;. The molecule has 0 radical (unpaired) electrons. The van der Waals surface area contributed by atoms with Crippen LogP contribution in [0, 0.1) is 0 Å². The first kappa shape index (κ1) is 41.5. The van der Waals surface area contributed by atoms with E-state index < -0.39 is 17.9 Å². The number of rotatable bonds is 14. The Bertz CT molecular complexity index is 992. The maximum Gasteiger partial charge on any atom is 0.305 e. The highest BCUT2D eigenvalue weighted by Crippen LogP contribution is 2.17. The summed E-state index contributed by atoms with van der Waals surface area (Å²) in [4.78, 5) is 36.7. The number of allylic oxidation sites excluding steroid dienone is 11. The third kappa shape index (κ3) is 21.7. The average molecular weight is 601 g/mol. The summed E-state index contributed by atoms with van der Waals surface area (Å²) < 4.78 is 10.4. The lowest BCUT2D eigenvalue weighted by atomic mass is 9.99. The van der Waals surface area contributed by atoms with E-state index in [4.69, 9.17) is 9.47 Å². The minimum absolute atomic E-state index is 0.197. The molecular weight excluding hydrogens is 544 g/mol. The van der Waals surface area contributed by atoms with Gasteiger partial charge in [-0.2, -0.15) is 0 Å². The highest BCUT2D eigenvalue weighted by Gasteiger charge is 2.21. The van der Waals surface area contributed by atoms with E-state index in [1.54, 1.807) is 19.1 Å². The molecule has 43 heavy (non-hydrogen) atoms. The molecule has 242 valence electrons. The predicted molar refractivity (Wildman–Crippen MR) is 177 cm³/mol. The normalized spacial score (nSPS) is 15.8. The van der Waals surface area contributed by atoms with Crippen LogP contribution in [0.4, 0.5) is 0 Å². The Kier molecular flexibility index (Phi) is 27.5. The average Bonchev–Trinajstić information content (AvgIpc) is 3.41. The predicted octanol–water partition coefficient (Wildman–Crippen LogP) is 7.78. The molecule has 1 heterocycles. The number of nitrogens with one attached hydrogen (secondary N) is 1. The number of carbonyl (C=O) groups is 3. The highest BCUT2D eigenvalue weighted by molar-refractivity contribution is 5.81. The Labute approximate surface area is 260 Å². The molecule has 0 aromatic carbocycles. The van der Waals surface area contributed by atoms with Crippen molar-refractivity contribution in [1.29, 1.82) is 0 Å². The van der Waals surface area contributed by atoms with Crippen LogP contribution < -0.4 is 5.32 Å². The van der Waals surface area contributed by atoms with Crippen LogP contribution in [0.1, 0.15) is 93.9 Å². The van der Waals surface area contributed by atoms with E-state index >= 15 is 0 Å².